The minimum Gasteiger partial charge on any atom is -0.444 e. The Hall–Kier alpha value is -1.98. The highest BCUT2D eigenvalue weighted by atomic mass is 19.1. The van der Waals surface area contributed by atoms with Crippen molar-refractivity contribution in [3.63, 3.8) is 0 Å². The van der Waals surface area contributed by atoms with Crippen LogP contribution in [0.3, 0.4) is 0 Å². The van der Waals surface area contributed by atoms with Crippen LogP contribution in [0, 0.1) is 11.7 Å². The van der Waals surface area contributed by atoms with Crippen molar-refractivity contribution in [1.82, 2.24) is 9.88 Å². The van der Waals surface area contributed by atoms with Gasteiger partial charge in [-0.3, -0.25) is 9.78 Å². The minimum absolute atomic E-state index is 0.0334. The van der Waals surface area contributed by atoms with E-state index < -0.39 is 23.4 Å². The highest BCUT2D eigenvalue weighted by Gasteiger charge is 2.32. The van der Waals surface area contributed by atoms with E-state index in [1.54, 1.807) is 20.8 Å². The van der Waals surface area contributed by atoms with Gasteiger partial charge in [0.25, 0.3) is 0 Å². The van der Waals surface area contributed by atoms with E-state index in [0.717, 1.165) is 6.20 Å². The number of amides is 1. The number of hydrogen-bond acceptors (Lipinski definition) is 4. The third-order valence-corrected chi connectivity index (χ3v) is 3.48. The van der Waals surface area contributed by atoms with Gasteiger partial charge in [-0.1, -0.05) is 0 Å². The standard InChI is InChI=1S/C16H21FN2O3/c1-16(2,3)22-15(21)19-8-4-5-11(10-19)14(20)12-6-7-18-9-13(12)17/h6-7,9,11H,4-5,8,10H2,1-3H3. The third kappa shape index (κ3) is 4.02. The van der Waals surface area contributed by atoms with Crippen LogP contribution < -0.4 is 0 Å². The number of rotatable bonds is 2. The predicted octanol–water partition coefficient (Wildman–Crippen LogP) is 3.05. The zero-order valence-electron chi connectivity index (χ0n) is 13.1. The molecule has 0 spiro atoms. The van der Waals surface area contributed by atoms with Crippen LogP contribution in [0.2, 0.25) is 0 Å². The lowest BCUT2D eigenvalue weighted by molar-refractivity contribution is 0.0171. The van der Waals surface area contributed by atoms with Crippen LogP contribution in [0.25, 0.3) is 0 Å². The van der Waals surface area contributed by atoms with Crippen LogP contribution in [-0.2, 0) is 4.74 Å². The van der Waals surface area contributed by atoms with Gasteiger partial charge in [-0.2, -0.15) is 0 Å². The molecule has 2 rings (SSSR count). The molecular weight excluding hydrogens is 287 g/mol. The van der Waals surface area contributed by atoms with Gasteiger partial charge in [0.05, 0.1) is 11.8 Å². The molecule has 1 unspecified atom stereocenters. The average Bonchev–Trinajstić information content (AvgIpc) is 2.45. The van der Waals surface area contributed by atoms with Gasteiger partial charge in [-0.25, -0.2) is 9.18 Å². The number of carbonyl (C=O) groups is 2. The Bertz CT molecular complexity index is 569. The predicted molar refractivity (Wildman–Crippen MR) is 79.1 cm³/mol. The summed E-state index contributed by atoms with van der Waals surface area (Å²) < 4.78 is 19.0. The van der Waals surface area contributed by atoms with Crippen molar-refractivity contribution < 1.29 is 18.7 Å². The Kier molecular flexibility index (Phi) is 4.78. The molecular formula is C16H21FN2O3. The third-order valence-electron chi connectivity index (χ3n) is 3.48. The second kappa shape index (κ2) is 6.42. The normalized spacial score (nSPS) is 18.9. The van der Waals surface area contributed by atoms with Crippen molar-refractivity contribution in [1.29, 1.82) is 0 Å². The molecule has 0 bridgehead atoms. The SMILES string of the molecule is CC(C)(C)OC(=O)N1CCCC(C(=O)c2ccncc2F)C1. The summed E-state index contributed by atoms with van der Waals surface area (Å²) in [6.45, 7) is 6.20. The number of pyridine rings is 1. The fraction of sp³-hybridized carbons (Fsp3) is 0.562. The van der Waals surface area contributed by atoms with Crippen molar-refractivity contribution in [3.05, 3.63) is 29.8 Å². The molecule has 22 heavy (non-hydrogen) atoms. The molecule has 1 aliphatic heterocycles. The van der Waals surface area contributed by atoms with Gasteiger partial charge < -0.3 is 9.64 Å². The quantitative estimate of drug-likeness (QED) is 0.788. The molecule has 2 heterocycles. The summed E-state index contributed by atoms with van der Waals surface area (Å²) in [6, 6.07) is 1.38. The smallest absolute Gasteiger partial charge is 0.410 e. The summed E-state index contributed by atoms with van der Waals surface area (Å²) in [7, 11) is 0. The average molecular weight is 308 g/mol. The number of nitrogens with zero attached hydrogens (tertiary/aromatic N) is 2. The van der Waals surface area contributed by atoms with Crippen LogP contribution in [0.15, 0.2) is 18.5 Å². The Labute approximate surface area is 129 Å². The van der Waals surface area contributed by atoms with Crippen molar-refractivity contribution in [3.8, 4) is 0 Å². The molecule has 0 N–H and O–H groups in total. The van der Waals surface area contributed by atoms with E-state index in [9.17, 15) is 14.0 Å². The molecule has 0 saturated carbocycles. The Morgan fingerprint density at radius 2 is 2.14 bits per heavy atom. The Morgan fingerprint density at radius 1 is 1.41 bits per heavy atom. The number of piperidine rings is 1. The zero-order valence-corrected chi connectivity index (χ0v) is 13.1. The number of likely N-dealkylation sites (tertiary alicyclic amines) is 1. The van der Waals surface area contributed by atoms with Crippen LogP contribution in [0.4, 0.5) is 9.18 Å². The van der Waals surface area contributed by atoms with E-state index in [4.69, 9.17) is 4.74 Å². The monoisotopic (exact) mass is 308 g/mol. The van der Waals surface area contributed by atoms with Crippen LogP contribution in [0.5, 0.6) is 0 Å². The second-order valence-corrected chi connectivity index (χ2v) is 6.49. The first-order chi connectivity index (χ1) is 10.3. The van der Waals surface area contributed by atoms with E-state index in [0.29, 0.717) is 19.4 Å². The fourth-order valence-corrected chi connectivity index (χ4v) is 2.48. The maximum atomic E-state index is 13.7. The lowest BCUT2D eigenvalue weighted by Gasteiger charge is -2.33. The van der Waals surface area contributed by atoms with Gasteiger partial charge in [0.15, 0.2) is 11.6 Å². The highest BCUT2D eigenvalue weighted by molar-refractivity contribution is 5.98. The second-order valence-electron chi connectivity index (χ2n) is 6.49. The molecule has 0 aliphatic carbocycles. The van der Waals surface area contributed by atoms with Gasteiger partial charge in [0, 0.05) is 25.2 Å². The van der Waals surface area contributed by atoms with Crippen molar-refractivity contribution in [2.24, 2.45) is 5.92 Å². The number of ether oxygens (including phenoxy) is 1. The summed E-state index contributed by atoms with van der Waals surface area (Å²) in [6.07, 6.45) is 3.33. The molecule has 1 atom stereocenters. The van der Waals surface area contributed by atoms with Crippen LogP contribution in [0.1, 0.15) is 44.0 Å². The Balaban J connectivity index is 2.06. The van der Waals surface area contributed by atoms with Crippen LogP contribution >= 0.6 is 0 Å². The maximum Gasteiger partial charge on any atom is 0.410 e. The molecule has 120 valence electrons. The summed E-state index contributed by atoms with van der Waals surface area (Å²) in [5, 5.41) is 0. The maximum absolute atomic E-state index is 13.7. The number of carbonyl (C=O) groups excluding carboxylic acids is 2. The Morgan fingerprint density at radius 3 is 2.77 bits per heavy atom. The fourth-order valence-electron chi connectivity index (χ4n) is 2.48. The van der Waals surface area contributed by atoms with Crippen LogP contribution in [-0.4, -0.2) is 40.5 Å². The van der Waals surface area contributed by atoms with Crippen molar-refractivity contribution >= 4 is 11.9 Å². The topological polar surface area (TPSA) is 59.5 Å². The van der Waals surface area contributed by atoms with E-state index in [2.05, 4.69) is 4.98 Å². The number of halogens is 1. The molecule has 1 amide bonds. The molecule has 1 aromatic rings. The minimum atomic E-state index is -0.623. The van der Waals surface area contributed by atoms with Crippen molar-refractivity contribution in [2.45, 2.75) is 39.2 Å². The summed E-state index contributed by atoms with van der Waals surface area (Å²) in [5.74, 6) is -1.31. The highest BCUT2D eigenvalue weighted by Crippen LogP contribution is 2.23. The van der Waals surface area contributed by atoms with Crippen molar-refractivity contribution in [2.75, 3.05) is 13.1 Å². The molecule has 1 aromatic heterocycles. The van der Waals surface area contributed by atoms with Gasteiger partial charge in [0.2, 0.25) is 0 Å². The number of aromatic nitrogens is 1. The van der Waals surface area contributed by atoms with Gasteiger partial charge in [0.1, 0.15) is 5.60 Å². The molecule has 1 fully saturated rings. The number of hydrogen-bond donors (Lipinski definition) is 0. The molecule has 1 aliphatic rings. The van der Waals surface area contributed by atoms with Gasteiger partial charge in [-0.15, -0.1) is 0 Å². The molecule has 0 aromatic carbocycles. The summed E-state index contributed by atoms with van der Waals surface area (Å²) in [4.78, 5) is 29.7. The lowest BCUT2D eigenvalue weighted by Crippen LogP contribution is -2.44. The molecule has 0 radical (unpaired) electrons. The first kappa shape index (κ1) is 16.4. The first-order valence-corrected chi connectivity index (χ1v) is 7.39. The van der Waals surface area contributed by atoms with E-state index in [1.165, 1.54) is 17.2 Å². The largest absolute Gasteiger partial charge is 0.444 e. The van der Waals surface area contributed by atoms with E-state index in [-0.39, 0.29) is 17.9 Å². The number of ketones is 1. The van der Waals surface area contributed by atoms with E-state index in [1.807, 2.05) is 0 Å². The zero-order chi connectivity index (χ0) is 16.3. The molecule has 5 nitrogen and oxygen atoms in total. The first-order valence-electron chi connectivity index (χ1n) is 7.39. The van der Waals surface area contributed by atoms with Gasteiger partial charge in [-0.05, 0) is 39.7 Å². The molecule has 6 heteroatoms. The lowest BCUT2D eigenvalue weighted by atomic mass is 9.90. The summed E-state index contributed by atoms with van der Waals surface area (Å²) in [5.41, 5.74) is -0.545. The van der Waals surface area contributed by atoms with Gasteiger partial charge >= 0.3 is 6.09 Å². The number of Topliss-reactive ketones (excluding diaryl/α,β-unsaturated/α-hetero) is 1. The molecule has 1 saturated heterocycles. The van der Waals surface area contributed by atoms with E-state index >= 15 is 0 Å². The summed E-state index contributed by atoms with van der Waals surface area (Å²) >= 11 is 0.